The minimum absolute atomic E-state index is 0.0721. The van der Waals surface area contributed by atoms with Gasteiger partial charge < -0.3 is 49.0 Å². The Hall–Kier alpha value is -3.86. The molecule has 4 atom stereocenters. The van der Waals surface area contributed by atoms with Crippen LogP contribution >= 0.6 is 12.6 Å². The monoisotopic (exact) mass is 542 g/mol. The number of primary amides is 1. The van der Waals surface area contributed by atoms with E-state index in [1.165, 1.54) is 12.5 Å². The molecule has 0 aliphatic rings. The molecule has 0 saturated heterocycles. The highest BCUT2D eigenvalue weighted by Gasteiger charge is 2.30. The normalized spacial score (nSPS) is 13.9. The lowest BCUT2D eigenvalue weighted by molar-refractivity contribution is -0.141. The fourth-order valence-electron chi connectivity index (χ4n) is 3.04. The molecule has 0 saturated carbocycles. The van der Waals surface area contributed by atoms with Crippen LogP contribution in [0.4, 0.5) is 0 Å². The van der Waals surface area contributed by atoms with E-state index in [1.54, 1.807) is 0 Å². The molecule has 206 valence electrons. The van der Waals surface area contributed by atoms with Gasteiger partial charge in [-0.25, -0.2) is 9.78 Å². The number of aromatic amines is 1. The van der Waals surface area contributed by atoms with Crippen molar-refractivity contribution in [2.24, 2.45) is 27.9 Å². The van der Waals surface area contributed by atoms with Crippen molar-refractivity contribution in [3.63, 3.8) is 0 Å². The number of carbonyl (C=O) groups is 5. The molecule has 0 aliphatic carbocycles. The minimum atomic E-state index is -1.31. The summed E-state index contributed by atoms with van der Waals surface area (Å²) in [7, 11) is 0. The molecule has 4 amide bonds. The Labute approximate surface area is 218 Å². The predicted molar refractivity (Wildman–Crippen MR) is 136 cm³/mol. The molecule has 17 heteroatoms. The topological polar surface area (TPSA) is 287 Å². The van der Waals surface area contributed by atoms with Crippen molar-refractivity contribution in [1.29, 1.82) is 0 Å². The number of thiol groups is 1. The Bertz CT molecular complexity index is 953. The molecule has 0 aliphatic heterocycles. The summed E-state index contributed by atoms with van der Waals surface area (Å²) in [6.07, 6.45) is 2.91. The second-order valence-corrected chi connectivity index (χ2v) is 8.41. The van der Waals surface area contributed by atoms with E-state index >= 15 is 0 Å². The summed E-state index contributed by atoms with van der Waals surface area (Å²) in [5.41, 5.74) is 22.1. The zero-order valence-electron chi connectivity index (χ0n) is 20.1. The maximum Gasteiger partial charge on any atom is 0.327 e. The Balaban J connectivity index is 2.97. The van der Waals surface area contributed by atoms with Gasteiger partial charge in [-0.3, -0.25) is 24.2 Å². The average Bonchev–Trinajstić information content (AvgIpc) is 3.34. The van der Waals surface area contributed by atoms with Gasteiger partial charge in [0.2, 0.25) is 23.6 Å². The first-order chi connectivity index (χ1) is 17.4. The molecule has 37 heavy (non-hydrogen) atoms. The van der Waals surface area contributed by atoms with Gasteiger partial charge in [0.1, 0.15) is 18.1 Å². The maximum atomic E-state index is 13.1. The number of imidazole rings is 1. The van der Waals surface area contributed by atoms with Gasteiger partial charge in [-0.2, -0.15) is 12.6 Å². The van der Waals surface area contributed by atoms with Gasteiger partial charge in [0.25, 0.3) is 0 Å². The van der Waals surface area contributed by atoms with Crippen molar-refractivity contribution in [2.75, 3.05) is 12.3 Å². The summed E-state index contributed by atoms with van der Waals surface area (Å²) in [5, 5.41) is 16.5. The first-order valence-corrected chi connectivity index (χ1v) is 11.9. The van der Waals surface area contributed by atoms with E-state index in [-0.39, 0.29) is 43.9 Å². The molecule has 0 aromatic carbocycles. The van der Waals surface area contributed by atoms with E-state index in [9.17, 15) is 29.1 Å². The molecule has 4 unspecified atom stereocenters. The zero-order valence-corrected chi connectivity index (χ0v) is 20.9. The van der Waals surface area contributed by atoms with Crippen molar-refractivity contribution < 1.29 is 29.1 Å². The van der Waals surface area contributed by atoms with Crippen LogP contribution < -0.4 is 38.9 Å². The fraction of sp³-hybridized carbons (Fsp3) is 0.550. The molecule has 16 nitrogen and oxygen atoms in total. The molecular weight excluding hydrogens is 508 g/mol. The summed E-state index contributed by atoms with van der Waals surface area (Å²) in [4.78, 5) is 71.5. The SMILES string of the molecule is NC(=O)CCC(NC(=O)C(N)CCCN=C(N)N)C(=O)NC(Cc1cnc[nH]1)C(=O)NC(CS)C(=O)O. The average molecular weight is 543 g/mol. The van der Waals surface area contributed by atoms with Gasteiger partial charge in [-0.05, 0) is 19.3 Å². The van der Waals surface area contributed by atoms with Crippen molar-refractivity contribution in [1.82, 2.24) is 25.9 Å². The fourth-order valence-corrected chi connectivity index (χ4v) is 3.29. The van der Waals surface area contributed by atoms with Crippen LogP contribution in [-0.2, 0) is 30.4 Å². The lowest BCUT2D eigenvalue weighted by Crippen LogP contribution is -2.58. The van der Waals surface area contributed by atoms with Crippen LogP contribution in [0.1, 0.15) is 31.4 Å². The minimum Gasteiger partial charge on any atom is -0.480 e. The highest BCUT2D eigenvalue weighted by atomic mass is 32.1. The summed E-state index contributed by atoms with van der Waals surface area (Å²) >= 11 is 3.91. The van der Waals surface area contributed by atoms with Crippen LogP contribution in [0.15, 0.2) is 17.5 Å². The van der Waals surface area contributed by atoms with Crippen molar-refractivity contribution in [3.8, 4) is 0 Å². The van der Waals surface area contributed by atoms with Crippen LogP contribution in [0.5, 0.6) is 0 Å². The number of hydrogen-bond acceptors (Lipinski definition) is 9. The second-order valence-electron chi connectivity index (χ2n) is 8.05. The van der Waals surface area contributed by atoms with Crippen molar-refractivity contribution in [3.05, 3.63) is 18.2 Å². The number of nitrogens with two attached hydrogens (primary N) is 4. The van der Waals surface area contributed by atoms with E-state index in [2.05, 4.69) is 43.5 Å². The van der Waals surface area contributed by atoms with Crippen LogP contribution in [-0.4, -0.2) is 87.1 Å². The number of aliphatic imine (C=N–C) groups is 1. The quantitative estimate of drug-likeness (QED) is 0.0394. The number of nitrogens with one attached hydrogen (secondary N) is 4. The van der Waals surface area contributed by atoms with Gasteiger partial charge in [-0.1, -0.05) is 0 Å². The van der Waals surface area contributed by atoms with Gasteiger partial charge in [-0.15, -0.1) is 0 Å². The first kappa shape index (κ1) is 31.2. The second kappa shape index (κ2) is 16.0. The smallest absolute Gasteiger partial charge is 0.327 e. The number of nitrogens with zero attached hydrogens (tertiary/aromatic N) is 2. The van der Waals surface area contributed by atoms with E-state index < -0.39 is 53.8 Å². The Morgan fingerprint density at radius 2 is 1.62 bits per heavy atom. The third-order valence-corrected chi connectivity index (χ3v) is 5.39. The molecule has 1 aromatic rings. The standard InChI is InChI=1S/C20H34N10O6S/c21-11(2-1-5-26-20(23)24)16(32)28-12(3-4-15(22)31)17(33)29-13(6-10-7-25-9-27-10)18(34)30-14(8-37)19(35)36/h7,9,11-14,37H,1-6,8,21H2,(H2,22,31)(H,25,27)(H,28,32)(H,29,33)(H,30,34)(H,35,36)(H4,23,24,26). The number of carboxylic acid groups (broad SMARTS) is 1. The number of rotatable bonds is 17. The number of aliphatic carboxylic acids is 1. The van der Waals surface area contributed by atoms with E-state index in [4.69, 9.17) is 22.9 Å². The zero-order chi connectivity index (χ0) is 28.0. The molecule has 1 heterocycles. The number of hydrogen-bond donors (Lipinski definition) is 10. The predicted octanol–water partition coefficient (Wildman–Crippen LogP) is -3.93. The molecule has 0 radical (unpaired) electrons. The molecule has 1 rings (SSSR count). The lowest BCUT2D eigenvalue weighted by atomic mass is 10.1. The number of H-pyrrole nitrogens is 1. The molecule has 1 aromatic heterocycles. The van der Waals surface area contributed by atoms with Crippen molar-refractivity contribution >= 4 is 48.2 Å². The number of aromatic nitrogens is 2. The van der Waals surface area contributed by atoms with Gasteiger partial charge >= 0.3 is 5.97 Å². The summed E-state index contributed by atoms with van der Waals surface area (Å²) in [6, 6.07) is -4.83. The third-order valence-electron chi connectivity index (χ3n) is 5.03. The molecule has 0 spiro atoms. The number of guanidine groups is 1. The highest BCUT2D eigenvalue weighted by molar-refractivity contribution is 7.80. The van der Waals surface area contributed by atoms with Crippen LogP contribution in [0.3, 0.4) is 0 Å². The van der Waals surface area contributed by atoms with Crippen molar-refractivity contribution in [2.45, 2.75) is 56.3 Å². The van der Waals surface area contributed by atoms with Crippen LogP contribution in [0, 0.1) is 0 Å². The molecule has 0 fully saturated rings. The number of carboxylic acids is 1. The van der Waals surface area contributed by atoms with Crippen LogP contribution in [0.25, 0.3) is 0 Å². The van der Waals surface area contributed by atoms with E-state index in [0.717, 1.165) is 0 Å². The van der Waals surface area contributed by atoms with Crippen LogP contribution in [0.2, 0.25) is 0 Å². The lowest BCUT2D eigenvalue weighted by Gasteiger charge is -2.24. The van der Waals surface area contributed by atoms with E-state index in [1.807, 2.05) is 0 Å². The third kappa shape index (κ3) is 12.1. The summed E-state index contributed by atoms with van der Waals surface area (Å²) < 4.78 is 0. The molecule has 13 N–H and O–H groups in total. The molecule has 0 bridgehead atoms. The summed E-state index contributed by atoms with van der Waals surface area (Å²) in [6.45, 7) is 0.253. The summed E-state index contributed by atoms with van der Waals surface area (Å²) in [5.74, 6) is -4.59. The highest BCUT2D eigenvalue weighted by Crippen LogP contribution is 2.05. The number of amides is 4. The maximum absolute atomic E-state index is 13.1. The van der Waals surface area contributed by atoms with Gasteiger partial charge in [0.15, 0.2) is 5.96 Å². The largest absolute Gasteiger partial charge is 0.480 e. The number of carbonyl (C=O) groups excluding carboxylic acids is 4. The first-order valence-electron chi connectivity index (χ1n) is 11.3. The molecular formula is C20H34N10O6S. The van der Waals surface area contributed by atoms with E-state index in [0.29, 0.717) is 12.1 Å². The van der Waals surface area contributed by atoms with Gasteiger partial charge in [0, 0.05) is 37.0 Å². The Morgan fingerprint density at radius 1 is 1.00 bits per heavy atom. The van der Waals surface area contributed by atoms with Gasteiger partial charge in [0.05, 0.1) is 12.4 Å². The Morgan fingerprint density at radius 3 is 2.16 bits per heavy atom. The Kier molecular flexibility index (Phi) is 13.5.